The lowest BCUT2D eigenvalue weighted by Gasteiger charge is -2.44. The maximum atomic E-state index is 14.7. The van der Waals surface area contributed by atoms with Gasteiger partial charge < -0.3 is 14.5 Å². The van der Waals surface area contributed by atoms with Gasteiger partial charge in [-0.05, 0) is 70.7 Å². The highest BCUT2D eigenvalue weighted by Crippen LogP contribution is 2.36. The molecule has 1 aromatic carbocycles. The summed E-state index contributed by atoms with van der Waals surface area (Å²) in [6, 6.07) is 5.34. The Morgan fingerprint density at radius 1 is 1.03 bits per heavy atom. The van der Waals surface area contributed by atoms with E-state index < -0.39 is 26.3 Å². The molecule has 0 aliphatic carbocycles. The second-order valence-electron chi connectivity index (χ2n) is 11.1. The molecule has 9 heteroatoms. The number of anilines is 1. The third kappa shape index (κ3) is 6.40. The van der Waals surface area contributed by atoms with E-state index in [-0.39, 0.29) is 31.7 Å². The Balaban J connectivity index is 1.73. The lowest BCUT2D eigenvalue weighted by atomic mass is 9.95. The monoisotopic (exact) mass is 525 g/mol. The quantitative estimate of drug-likeness (QED) is 0.355. The van der Waals surface area contributed by atoms with Crippen LogP contribution in [0, 0.1) is 5.82 Å². The summed E-state index contributed by atoms with van der Waals surface area (Å²) in [4.78, 5) is 17.6. The van der Waals surface area contributed by atoms with Crippen molar-refractivity contribution in [3.05, 3.63) is 29.6 Å². The van der Waals surface area contributed by atoms with Gasteiger partial charge in [-0.3, -0.25) is 4.79 Å². The van der Waals surface area contributed by atoms with Crippen molar-refractivity contribution in [1.29, 1.82) is 0 Å². The van der Waals surface area contributed by atoms with E-state index in [2.05, 4.69) is 11.8 Å². The molecule has 0 amide bonds. The topological polar surface area (TPSA) is 70.2 Å². The van der Waals surface area contributed by atoms with Crippen LogP contribution in [-0.2, 0) is 26.0 Å². The van der Waals surface area contributed by atoms with E-state index in [9.17, 15) is 17.6 Å². The van der Waals surface area contributed by atoms with Crippen molar-refractivity contribution < 1.29 is 22.3 Å². The van der Waals surface area contributed by atoms with Crippen LogP contribution in [0.3, 0.4) is 0 Å². The fraction of sp³-hybridized carbons (Fsp3) is 0.741. The molecule has 0 N–H and O–H groups in total. The minimum absolute atomic E-state index is 0.204. The molecule has 36 heavy (non-hydrogen) atoms. The van der Waals surface area contributed by atoms with Crippen molar-refractivity contribution >= 4 is 21.7 Å². The third-order valence-electron chi connectivity index (χ3n) is 7.41. The van der Waals surface area contributed by atoms with Crippen LogP contribution in [0.4, 0.5) is 10.1 Å². The van der Waals surface area contributed by atoms with Crippen molar-refractivity contribution in [2.75, 3.05) is 50.7 Å². The number of hydrogen-bond donors (Lipinski definition) is 0. The van der Waals surface area contributed by atoms with Crippen molar-refractivity contribution in [2.45, 2.75) is 83.5 Å². The van der Waals surface area contributed by atoms with Gasteiger partial charge in [0.2, 0.25) is 10.0 Å². The van der Waals surface area contributed by atoms with E-state index >= 15 is 0 Å². The first-order valence-electron chi connectivity index (χ1n) is 13.4. The minimum Gasteiger partial charge on any atom is -0.459 e. The summed E-state index contributed by atoms with van der Waals surface area (Å²) in [6.07, 6.45) is 4.33. The Morgan fingerprint density at radius 3 is 2.19 bits per heavy atom. The number of esters is 1. The van der Waals surface area contributed by atoms with Crippen LogP contribution >= 0.6 is 0 Å². The zero-order valence-corrected chi connectivity index (χ0v) is 23.5. The van der Waals surface area contributed by atoms with Gasteiger partial charge in [0, 0.05) is 45.0 Å². The summed E-state index contributed by atoms with van der Waals surface area (Å²) >= 11 is 0. The fourth-order valence-electron chi connectivity index (χ4n) is 5.10. The first-order chi connectivity index (χ1) is 16.9. The molecule has 0 atom stereocenters. The molecule has 7 nitrogen and oxygen atoms in total. The van der Waals surface area contributed by atoms with Gasteiger partial charge in [0.25, 0.3) is 0 Å². The summed E-state index contributed by atoms with van der Waals surface area (Å²) < 4.78 is 48.2. The number of carbonyl (C=O) groups is 1. The van der Waals surface area contributed by atoms with Gasteiger partial charge in [0.05, 0.1) is 0 Å². The highest BCUT2D eigenvalue weighted by molar-refractivity contribution is 7.91. The van der Waals surface area contributed by atoms with Crippen LogP contribution < -0.4 is 4.90 Å². The van der Waals surface area contributed by atoms with Crippen molar-refractivity contribution in [3.8, 4) is 0 Å². The molecule has 0 aromatic heterocycles. The van der Waals surface area contributed by atoms with Crippen LogP contribution in [0.5, 0.6) is 0 Å². The van der Waals surface area contributed by atoms with Crippen LogP contribution in [0.1, 0.15) is 72.3 Å². The van der Waals surface area contributed by atoms with Gasteiger partial charge in [-0.15, -0.1) is 0 Å². The number of piperazine rings is 1. The molecule has 3 rings (SSSR count). The average molecular weight is 526 g/mol. The van der Waals surface area contributed by atoms with Crippen LogP contribution in [0.2, 0.25) is 0 Å². The molecule has 0 spiro atoms. The average Bonchev–Trinajstić information content (AvgIpc) is 2.84. The summed E-state index contributed by atoms with van der Waals surface area (Å²) in [5, 5.41) is 0. The fourth-order valence-corrected chi connectivity index (χ4v) is 7.19. The van der Waals surface area contributed by atoms with Gasteiger partial charge in [-0.25, -0.2) is 12.8 Å². The molecule has 2 heterocycles. The number of likely N-dealkylation sites (tertiary alicyclic amines) is 1. The number of aryl methyl sites for hydroxylation is 1. The lowest BCUT2D eigenvalue weighted by Crippen LogP contribution is -2.62. The number of nitrogens with zero attached hydrogens (tertiary/aromatic N) is 3. The number of sulfonamides is 1. The molecule has 2 aliphatic heterocycles. The highest BCUT2D eigenvalue weighted by atomic mass is 32.2. The summed E-state index contributed by atoms with van der Waals surface area (Å²) in [6.45, 7) is 12.7. The SMILES string of the molecule is CCCCCc1ccc(N2CCN(S(=O)(=O)C3(C(=O)OC(C)(C)C)CCN(CC)CC3)CC2)cc1F. The zero-order chi connectivity index (χ0) is 26.6. The van der Waals surface area contributed by atoms with Crippen molar-refractivity contribution in [1.82, 2.24) is 9.21 Å². The number of carbonyl (C=O) groups excluding carboxylic acids is 1. The first-order valence-corrected chi connectivity index (χ1v) is 14.9. The standard InChI is InChI=1S/C27H44FN3O4S/c1-6-8-9-10-22-11-12-23(21-24(22)28)30-17-19-31(20-18-30)36(33,34)27(25(32)35-26(3,4)5)13-15-29(7-2)16-14-27/h11-12,21H,6-10,13-20H2,1-5H3. The van der Waals surface area contributed by atoms with Gasteiger partial charge in [0.1, 0.15) is 11.4 Å². The van der Waals surface area contributed by atoms with E-state index in [4.69, 9.17) is 4.74 Å². The molecule has 2 fully saturated rings. The smallest absolute Gasteiger partial charge is 0.329 e. The number of ether oxygens (including phenoxy) is 1. The zero-order valence-electron chi connectivity index (χ0n) is 22.7. The van der Waals surface area contributed by atoms with Crippen LogP contribution in [-0.4, -0.2) is 79.8 Å². The summed E-state index contributed by atoms with van der Waals surface area (Å²) in [5.74, 6) is -0.848. The molecule has 0 saturated carbocycles. The largest absolute Gasteiger partial charge is 0.459 e. The van der Waals surface area contributed by atoms with Gasteiger partial charge in [0.15, 0.2) is 4.75 Å². The second-order valence-corrected chi connectivity index (χ2v) is 13.3. The Kier molecular flexibility index (Phi) is 9.44. The Hall–Kier alpha value is -1.71. The van der Waals surface area contributed by atoms with Crippen LogP contribution in [0.25, 0.3) is 0 Å². The molecule has 1 aromatic rings. The molecule has 2 saturated heterocycles. The van der Waals surface area contributed by atoms with Crippen molar-refractivity contribution in [2.24, 2.45) is 0 Å². The molecular formula is C27H44FN3O4S. The molecule has 0 radical (unpaired) electrons. The van der Waals surface area contributed by atoms with Gasteiger partial charge in [-0.1, -0.05) is 32.8 Å². The summed E-state index contributed by atoms with van der Waals surface area (Å²) in [5.41, 5.74) is 0.723. The predicted molar refractivity (Wildman–Crippen MR) is 142 cm³/mol. The minimum atomic E-state index is -3.95. The van der Waals surface area contributed by atoms with E-state index in [0.717, 1.165) is 43.5 Å². The Bertz CT molecular complexity index is 993. The number of rotatable bonds is 9. The van der Waals surface area contributed by atoms with E-state index in [0.29, 0.717) is 26.2 Å². The van der Waals surface area contributed by atoms with E-state index in [1.165, 1.54) is 4.31 Å². The van der Waals surface area contributed by atoms with Gasteiger partial charge in [-0.2, -0.15) is 4.31 Å². The third-order valence-corrected chi connectivity index (χ3v) is 10.0. The Morgan fingerprint density at radius 2 is 1.67 bits per heavy atom. The molecule has 2 aliphatic rings. The molecule has 0 bridgehead atoms. The Labute approximate surface area is 217 Å². The maximum absolute atomic E-state index is 14.7. The van der Waals surface area contributed by atoms with Gasteiger partial charge >= 0.3 is 5.97 Å². The van der Waals surface area contributed by atoms with E-state index in [1.807, 2.05) is 24.0 Å². The molecular weight excluding hydrogens is 481 g/mol. The first kappa shape index (κ1) is 28.9. The van der Waals surface area contributed by atoms with E-state index in [1.54, 1.807) is 26.8 Å². The number of benzene rings is 1. The number of halogens is 1. The number of piperidine rings is 1. The lowest BCUT2D eigenvalue weighted by molar-refractivity contribution is -0.159. The molecule has 0 unspecified atom stereocenters. The number of unbranched alkanes of at least 4 members (excludes halogenated alkanes) is 2. The highest BCUT2D eigenvalue weighted by Gasteiger charge is 2.56. The van der Waals surface area contributed by atoms with Crippen molar-refractivity contribution in [3.63, 3.8) is 0 Å². The molecule has 204 valence electrons. The maximum Gasteiger partial charge on any atom is 0.329 e. The summed E-state index contributed by atoms with van der Waals surface area (Å²) in [7, 11) is -3.95. The van der Waals surface area contributed by atoms with Crippen LogP contribution in [0.15, 0.2) is 18.2 Å². The number of hydrogen-bond acceptors (Lipinski definition) is 6. The normalized spacial score (nSPS) is 19.9. The predicted octanol–water partition coefficient (Wildman–Crippen LogP) is 4.21. The second kappa shape index (κ2) is 11.8.